The highest BCUT2D eigenvalue weighted by atomic mass is 35.5. The third-order valence-corrected chi connectivity index (χ3v) is 5.32. The number of aromatic nitrogens is 1. The van der Waals surface area contributed by atoms with Crippen LogP contribution in [0.5, 0.6) is 0 Å². The number of anilines is 1. The van der Waals surface area contributed by atoms with Crippen molar-refractivity contribution < 1.29 is 18.2 Å². The van der Waals surface area contributed by atoms with Crippen LogP contribution in [0.3, 0.4) is 0 Å². The number of carbonyl (C=O) groups excluding carboxylic acids is 1. The van der Waals surface area contributed by atoms with Crippen LogP contribution in [0.15, 0.2) is 52.1 Å². The zero-order valence-electron chi connectivity index (χ0n) is 14.2. The molecule has 3 heterocycles. The van der Waals surface area contributed by atoms with Gasteiger partial charge in [0.05, 0.1) is 23.9 Å². The molecule has 4 rings (SSSR count). The van der Waals surface area contributed by atoms with Crippen molar-refractivity contribution in [3.63, 3.8) is 0 Å². The van der Waals surface area contributed by atoms with E-state index in [1.54, 1.807) is 17.0 Å². The van der Waals surface area contributed by atoms with Gasteiger partial charge in [-0.05, 0) is 12.1 Å². The predicted octanol–water partition coefficient (Wildman–Crippen LogP) is 3.09. The normalized spacial score (nSPS) is 15.7. The van der Waals surface area contributed by atoms with Crippen LogP contribution in [-0.4, -0.2) is 46.3 Å². The molecule has 3 aromatic rings. The first-order valence-corrected chi connectivity index (χ1v) is 9.84. The summed E-state index contributed by atoms with van der Waals surface area (Å²) in [7, 11) is -1.72. The minimum absolute atomic E-state index is 0.158. The Morgan fingerprint density at radius 1 is 1.22 bits per heavy atom. The zero-order chi connectivity index (χ0) is 18.8. The van der Waals surface area contributed by atoms with Crippen molar-refractivity contribution in [2.45, 2.75) is 5.09 Å². The maximum absolute atomic E-state index is 12.8. The summed E-state index contributed by atoms with van der Waals surface area (Å²) in [6.07, 6.45) is 1.39. The van der Waals surface area contributed by atoms with Crippen molar-refractivity contribution in [1.29, 1.82) is 0 Å². The molecule has 9 heteroatoms. The van der Waals surface area contributed by atoms with E-state index in [2.05, 4.69) is 9.71 Å². The maximum atomic E-state index is 12.8. The molecule has 1 aliphatic heterocycles. The van der Waals surface area contributed by atoms with Crippen LogP contribution >= 0.6 is 11.6 Å². The van der Waals surface area contributed by atoms with Gasteiger partial charge < -0.3 is 14.1 Å². The number of pyridine rings is 1. The molecule has 140 valence electrons. The molecule has 0 bridgehead atoms. The summed E-state index contributed by atoms with van der Waals surface area (Å²) < 4.78 is 26.4. The molecule has 0 saturated carbocycles. The standard InChI is InChI=1S/C18H16ClN3O4S/c19-13-10-14(17(20-11-13)18(23)22-5-7-25-8-6-22)21-27(24)16-9-12-3-1-2-4-15(12)26-16/h1-4,9-11,21H,5-8H2. The third kappa shape index (κ3) is 3.83. The molecule has 0 radical (unpaired) electrons. The van der Waals surface area contributed by atoms with Gasteiger partial charge in [-0.2, -0.15) is 0 Å². The Balaban J connectivity index is 1.61. The fraction of sp³-hybridized carbons (Fsp3) is 0.222. The second-order valence-electron chi connectivity index (χ2n) is 5.93. The number of hydrogen-bond acceptors (Lipinski definition) is 5. The van der Waals surface area contributed by atoms with Crippen LogP contribution in [0.1, 0.15) is 10.5 Å². The quantitative estimate of drug-likeness (QED) is 0.721. The highest BCUT2D eigenvalue weighted by Crippen LogP contribution is 2.25. The molecule has 27 heavy (non-hydrogen) atoms. The van der Waals surface area contributed by atoms with Crippen LogP contribution in [-0.2, 0) is 15.7 Å². The van der Waals surface area contributed by atoms with Crippen molar-refractivity contribution in [1.82, 2.24) is 9.88 Å². The van der Waals surface area contributed by atoms with Crippen LogP contribution in [0.4, 0.5) is 5.69 Å². The second kappa shape index (κ2) is 7.67. The number of nitrogens with one attached hydrogen (secondary N) is 1. The fourth-order valence-corrected chi connectivity index (χ4v) is 3.82. The van der Waals surface area contributed by atoms with E-state index in [-0.39, 0.29) is 22.4 Å². The smallest absolute Gasteiger partial charge is 0.274 e. The Morgan fingerprint density at radius 3 is 2.78 bits per heavy atom. The number of nitrogens with zero attached hydrogens (tertiary/aromatic N) is 2. The number of rotatable bonds is 4. The number of fused-ring (bicyclic) bond motifs is 1. The molecule has 1 aliphatic rings. The van der Waals surface area contributed by atoms with Crippen LogP contribution in [0.25, 0.3) is 11.0 Å². The molecule has 0 spiro atoms. The Hall–Kier alpha value is -2.42. The minimum atomic E-state index is -1.72. The van der Waals surface area contributed by atoms with E-state index in [9.17, 15) is 9.00 Å². The van der Waals surface area contributed by atoms with Crippen LogP contribution in [0, 0.1) is 0 Å². The lowest BCUT2D eigenvalue weighted by Crippen LogP contribution is -2.41. The summed E-state index contributed by atoms with van der Waals surface area (Å²) in [6.45, 7) is 1.92. The summed E-state index contributed by atoms with van der Waals surface area (Å²) in [6, 6.07) is 10.6. The Labute approximate surface area is 162 Å². The van der Waals surface area contributed by atoms with E-state index in [1.807, 2.05) is 18.2 Å². The monoisotopic (exact) mass is 405 g/mol. The molecular formula is C18H16ClN3O4S. The van der Waals surface area contributed by atoms with Gasteiger partial charge in [-0.15, -0.1) is 0 Å². The maximum Gasteiger partial charge on any atom is 0.274 e. The van der Waals surface area contributed by atoms with Crippen molar-refractivity contribution in [3.8, 4) is 0 Å². The summed E-state index contributed by atoms with van der Waals surface area (Å²) in [5, 5.41) is 1.43. The molecule has 7 nitrogen and oxygen atoms in total. The number of benzene rings is 1. The highest BCUT2D eigenvalue weighted by Gasteiger charge is 2.24. The summed E-state index contributed by atoms with van der Waals surface area (Å²) >= 11 is 6.03. The SMILES string of the molecule is O=C(c1ncc(Cl)cc1NS(=O)c1cc2ccccc2o1)N1CCOCC1. The van der Waals surface area contributed by atoms with E-state index >= 15 is 0 Å². The van der Waals surface area contributed by atoms with Gasteiger partial charge in [0.15, 0.2) is 16.7 Å². The number of ether oxygens (including phenoxy) is 1. The van der Waals surface area contributed by atoms with E-state index in [0.29, 0.717) is 36.9 Å². The number of carbonyl (C=O) groups is 1. The van der Waals surface area contributed by atoms with Gasteiger partial charge in [-0.3, -0.25) is 9.52 Å². The molecule has 1 saturated heterocycles. The Bertz CT molecular complexity index is 984. The summed E-state index contributed by atoms with van der Waals surface area (Å²) in [5.41, 5.74) is 1.08. The van der Waals surface area contributed by atoms with E-state index in [1.165, 1.54) is 12.3 Å². The largest absolute Gasteiger partial charge is 0.445 e. The average molecular weight is 406 g/mol. The number of hydrogen-bond donors (Lipinski definition) is 1. The second-order valence-corrected chi connectivity index (χ2v) is 7.51. The van der Waals surface area contributed by atoms with Crippen molar-refractivity contribution in [2.75, 3.05) is 31.0 Å². The summed E-state index contributed by atoms with van der Waals surface area (Å²) in [4.78, 5) is 18.6. The topological polar surface area (TPSA) is 84.7 Å². The third-order valence-electron chi connectivity index (χ3n) is 4.14. The van der Waals surface area contributed by atoms with Crippen molar-refractivity contribution >= 4 is 45.2 Å². The number of amides is 1. The van der Waals surface area contributed by atoms with Gasteiger partial charge in [0.1, 0.15) is 5.58 Å². The van der Waals surface area contributed by atoms with Crippen molar-refractivity contribution in [2.24, 2.45) is 0 Å². The Kier molecular flexibility index (Phi) is 5.11. The van der Waals surface area contributed by atoms with Gasteiger partial charge in [-0.25, -0.2) is 9.19 Å². The highest BCUT2D eigenvalue weighted by molar-refractivity contribution is 7.86. The lowest BCUT2D eigenvalue weighted by molar-refractivity contribution is 0.0300. The van der Waals surface area contributed by atoms with Gasteiger partial charge in [0.2, 0.25) is 5.09 Å². The van der Waals surface area contributed by atoms with Crippen LogP contribution < -0.4 is 4.72 Å². The molecule has 1 unspecified atom stereocenters. The molecule has 1 amide bonds. The van der Waals surface area contributed by atoms with Gasteiger partial charge in [-0.1, -0.05) is 29.8 Å². The average Bonchev–Trinajstić information content (AvgIpc) is 3.13. The summed E-state index contributed by atoms with van der Waals surface area (Å²) in [5.74, 6) is -0.265. The molecule has 1 atom stereocenters. The number of morpholine rings is 1. The van der Waals surface area contributed by atoms with Gasteiger partial charge in [0.25, 0.3) is 5.91 Å². The molecule has 0 aliphatic carbocycles. The predicted molar refractivity (Wildman–Crippen MR) is 102 cm³/mol. The van der Waals surface area contributed by atoms with E-state index in [4.69, 9.17) is 20.8 Å². The van der Waals surface area contributed by atoms with E-state index in [0.717, 1.165) is 5.39 Å². The zero-order valence-corrected chi connectivity index (χ0v) is 15.8. The number of para-hydroxylation sites is 1. The molecule has 1 aromatic carbocycles. The number of furan rings is 1. The first-order chi connectivity index (χ1) is 13.1. The molecular weight excluding hydrogens is 390 g/mol. The fourth-order valence-electron chi connectivity index (χ4n) is 2.80. The molecule has 2 aromatic heterocycles. The van der Waals surface area contributed by atoms with Crippen LogP contribution in [0.2, 0.25) is 5.02 Å². The number of halogens is 1. The van der Waals surface area contributed by atoms with Gasteiger partial charge >= 0.3 is 0 Å². The lowest BCUT2D eigenvalue weighted by atomic mass is 10.2. The Morgan fingerprint density at radius 2 is 2.00 bits per heavy atom. The molecule has 1 N–H and O–H groups in total. The first kappa shape index (κ1) is 18.0. The molecule has 1 fully saturated rings. The van der Waals surface area contributed by atoms with E-state index < -0.39 is 11.0 Å². The first-order valence-electron chi connectivity index (χ1n) is 8.31. The van der Waals surface area contributed by atoms with Crippen molar-refractivity contribution in [3.05, 3.63) is 53.3 Å². The minimum Gasteiger partial charge on any atom is -0.445 e. The lowest BCUT2D eigenvalue weighted by Gasteiger charge is -2.27. The van der Waals surface area contributed by atoms with Gasteiger partial charge in [0, 0.05) is 30.7 Å².